The van der Waals surface area contributed by atoms with Crippen molar-refractivity contribution < 1.29 is 4.74 Å². The lowest BCUT2D eigenvalue weighted by atomic mass is 10.0. The van der Waals surface area contributed by atoms with E-state index in [1.54, 1.807) is 0 Å². The van der Waals surface area contributed by atoms with E-state index in [0.717, 1.165) is 38.4 Å². The number of nitrogens with zero attached hydrogens (tertiary/aromatic N) is 2. The molecular weight excluding hydrogens is 318 g/mol. The third kappa shape index (κ3) is 2.99. The zero-order chi connectivity index (χ0) is 16.4. The van der Waals surface area contributed by atoms with E-state index in [0.29, 0.717) is 6.04 Å². The quantitative estimate of drug-likeness (QED) is 0.758. The van der Waals surface area contributed by atoms with Crippen LogP contribution in [0.25, 0.3) is 10.1 Å². The molecule has 1 aliphatic heterocycles. The number of rotatable bonds is 5. The highest BCUT2D eigenvalue weighted by atomic mass is 32.1. The number of nitrogens with one attached hydrogen (secondary N) is 1. The minimum Gasteiger partial charge on any atom is -0.369 e. The SMILES string of the molecule is CCn1ccnc1[C@H]1OCCC[C@@H]1NCc1csc2ccccc12. The topological polar surface area (TPSA) is 39.1 Å². The van der Waals surface area contributed by atoms with Crippen LogP contribution < -0.4 is 5.32 Å². The van der Waals surface area contributed by atoms with Gasteiger partial charge in [-0.1, -0.05) is 18.2 Å². The van der Waals surface area contributed by atoms with Crippen LogP contribution in [0.15, 0.2) is 42.0 Å². The predicted octanol–water partition coefficient (Wildman–Crippen LogP) is 4.13. The largest absolute Gasteiger partial charge is 0.369 e. The monoisotopic (exact) mass is 341 g/mol. The fraction of sp³-hybridized carbons (Fsp3) is 0.421. The normalized spacial score (nSPS) is 21.4. The van der Waals surface area contributed by atoms with Gasteiger partial charge in [0.2, 0.25) is 0 Å². The Labute approximate surface area is 146 Å². The van der Waals surface area contributed by atoms with Crippen molar-refractivity contribution in [2.24, 2.45) is 0 Å². The summed E-state index contributed by atoms with van der Waals surface area (Å²) < 4.78 is 9.63. The number of hydrogen-bond acceptors (Lipinski definition) is 4. The molecule has 3 heterocycles. The van der Waals surface area contributed by atoms with Crippen LogP contribution >= 0.6 is 11.3 Å². The smallest absolute Gasteiger partial charge is 0.139 e. The second-order valence-corrected chi connectivity index (χ2v) is 7.16. The van der Waals surface area contributed by atoms with E-state index >= 15 is 0 Å². The molecule has 2 atom stereocenters. The Morgan fingerprint density at radius 2 is 2.29 bits per heavy atom. The molecule has 0 amide bonds. The third-order valence-corrected chi connectivity index (χ3v) is 5.79. The van der Waals surface area contributed by atoms with Crippen molar-refractivity contribution in [1.29, 1.82) is 0 Å². The van der Waals surface area contributed by atoms with Crippen molar-refractivity contribution in [2.75, 3.05) is 6.61 Å². The molecule has 0 bridgehead atoms. The van der Waals surface area contributed by atoms with E-state index in [1.807, 2.05) is 23.7 Å². The van der Waals surface area contributed by atoms with Crippen LogP contribution in [0, 0.1) is 0 Å². The molecule has 1 saturated heterocycles. The maximum absolute atomic E-state index is 6.09. The van der Waals surface area contributed by atoms with Gasteiger partial charge < -0.3 is 14.6 Å². The second kappa shape index (κ2) is 7.05. The fourth-order valence-electron chi connectivity index (χ4n) is 3.50. The number of imidazole rings is 1. The summed E-state index contributed by atoms with van der Waals surface area (Å²) in [5.41, 5.74) is 1.37. The van der Waals surface area contributed by atoms with Gasteiger partial charge in [-0.3, -0.25) is 0 Å². The third-order valence-electron chi connectivity index (χ3n) is 4.78. The summed E-state index contributed by atoms with van der Waals surface area (Å²) in [7, 11) is 0. The lowest BCUT2D eigenvalue weighted by Crippen LogP contribution is -2.40. The van der Waals surface area contributed by atoms with Crippen LogP contribution in [0.1, 0.15) is 37.3 Å². The van der Waals surface area contributed by atoms with Crippen LogP contribution in [-0.4, -0.2) is 22.2 Å². The van der Waals surface area contributed by atoms with Gasteiger partial charge in [-0.15, -0.1) is 11.3 Å². The average molecular weight is 341 g/mol. The Morgan fingerprint density at radius 1 is 1.38 bits per heavy atom. The van der Waals surface area contributed by atoms with Gasteiger partial charge in [-0.25, -0.2) is 4.98 Å². The number of thiophene rings is 1. The van der Waals surface area contributed by atoms with Gasteiger partial charge in [0.05, 0.1) is 0 Å². The maximum atomic E-state index is 6.09. The molecule has 1 fully saturated rings. The molecule has 0 radical (unpaired) electrons. The van der Waals surface area contributed by atoms with Gasteiger partial charge in [0, 0.05) is 42.8 Å². The highest BCUT2D eigenvalue weighted by molar-refractivity contribution is 7.17. The summed E-state index contributed by atoms with van der Waals surface area (Å²) in [6, 6.07) is 8.93. The number of fused-ring (bicyclic) bond motifs is 1. The van der Waals surface area contributed by atoms with Crippen molar-refractivity contribution in [3.63, 3.8) is 0 Å². The molecule has 4 rings (SSSR count). The van der Waals surface area contributed by atoms with Crippen molar-refractivity contribution in [2.45, 2.75) is 45.0 Å². The first kappa shape index (κ1) is 15.8. The highest BCUT2D eigenvalue weighted by Crippen LogP contribution is 2.29. The van der Waals surface area contributed by atoms with Gasteiger partial charge in [-0.05, 0) is 42.2 Å². The Balaban J connectivity index is 1.51. The van der Waals surface area contributed by atoms with E-state index in [2.05, 4.69) is 51.4 Å². The molecule has 1 aliphatic rings. The van der Waals surface area contributed by atoms with Crippen molar-refractivity contribution in [1.82, 2.24) is 14.9 Å². The Bertz CT molecular complexity index is 810. The van der Waals surface area contributed by atoms with Gasteiger partial charge in [0.1, 0.15) is 11.9 Å². The molecule has 0 saturated carbocycles. The zero-order valence-corrected chi connectivity index (χ0v) is 14.8. The minimum atomic E-state index is 0.0404. The molecule has 126 valence electrons. The van der Waals surface area contributed by atoms with Crippen LogP contribution in [-0.2, 0) is 17.8 Å². The molecule has 3 aromatic rings. The lowest BCUT2D eigenvalue weighted by molar-refractivity contribution is -0.0182. The van der Waals surface area contributed by atoms with Crippen molar-refractivity contribution in [3.05, 3.63) is 53.4 Å². The first-order chi connectivity index (χ1) is 11.9. The molecule has 0 unspecified atom stereocenters. The molecular formula is C19H23N3OS. The molecule has 0 aliphatic carbocycles. The summed E-state index contributed by atoms with van der Waals surface area (Å²) in [6.45, 7) is 4.77. The standard InChI is InChI=1S/C19H23N3OS/c1-2-22-10-9-20-19(22)18-16(7-5-11-23-18)21-12-14-13-24-17-8-4-3-6-15(14)17/h3-4,6,8-10,13,16,18,21H,2,5,7,11-12H2,1H3/t16-,18-/m0/s1. The van der Waals surface area contributed by atoms with Crippen molar-refractivity contribution in [3.8, 4) is 0 Å². The summed E-state index contributed by atoms with van der Waals surface area (Å²) in [5, 5.41) is 7.36. The van der Waals surface area contributed by atoms with Gasteiger partial charge in [0.15, 0.2) is 0 Å². The molecule has 1 aromatic carbocycles. The molecule has 2 aromatic heterocycles. The highest BCUT2D eigenvalue weighted by Gasteiger charge is 2.30. The summed E-state index contributed by atoms with van der Waals surface area (Å²) in [5.74, 6) is 1.05. The molecule has 5 heteroatoms. The van der Waals surface area contributed by atoms with E-state index in [-0.39, 0.29) is 6.10 Å². The summed E-state index contributed by atoms with van der Waals surface area (Å²) >= 11 is 1.82. The molecule has 0 spiro atoms. The zero-order valence-electron chi connectivity index (χ0n) is 13.9. The van der Waals surface area contributed by atoms with Crippen LogP contribution in [0.5, 0.6) is 0 Å². The van der Waals surface area contributed by atoms with Gasteiger partial charge >= 0.3 is 0 Å². The van der Waals surface area contributed by atoms with E-state index in [9.17, 15) is 0 Å². The van der Waals surface area contributed by atoms with Gasteiger partial charge in [0.25, 0.3) is 0 Å². The first-order valence-electron chi connectivity index (χ1n) is 8.68. The predicted molar refractivity (Wildman–Crippen MR) is 98.3 cm³/mol. The number of hydrogen-bond donors (Lipinski definition) is 1. The second-order valence-electron chi connectivity index (χ2n) is 6.25. The van der Waals surface area contributed by atoms with E-state index in [1.165, 1.54) is 15.6 Å². The van der Waals surface area contributed by atoms with Gasteiger partial charge in [-0.2, -0.15) is 0 Å². The number of ether oxygens (including phenoxy) is 1. The molecule has 24 heavy (non-hydrogen) atoms. The number of aryl methyl sites for hydroxylation is 1. The van der Waals surface area contributed by atoms with Crippen LogP contribution in [0.4, 0.5) is 0 Å². The Kier molecular flexibility index (Phi) is 4.65. The minimum absolute atomic E-state index is 0.0404. The van der Waals surface area contributed by atoms with E-state index < -0.39 is 0 Å². The Morgan fingerprint density at radius 3 is 3.21 bits per heavy atom. The van der Waals surface area contributed by atoms with Crippen LogP contribution in [0.3, 0.4) is 0 Å². The fourth-order valence-corrected chi connectivity index (χ4v) is 4.46. The number of benzene rings is 1. The maximum Gasteiger partial charge on any atom is 0.139 e. The summed E-state index contributed by atoms with van der Waals surface area (Å²) in [4.78, 5) is 4.56. The van der Waals surface area contributed by atoms with E-state index in [4.69, 9.17) is 4.74 Å². The first-order valence-corrected chi connectivity index (χ1v) is 9.56. The Hall–Kier alpha value is -1.69. The van der Waals surface area contributed by atoms with Crippen molar-refractivity contribution >= 4 is 21.4 Å². The summed E-state index contributed by atoms with van der Waals surface area (Å²) in [6.07, 6.45) is 6.18. The average Bonchev–Trinajstić information content (AvgIpc) is 3.27. The number of aromatic nitrogens is 2. The molecule has 4 nitrogen and oxygen atoms in total. The van der Waals surface area contributed by atoms with Crippen LogP contribution in [0.2, 0.25) is 0 Å². The lowest BCUT2D eigenvalue weighted by Gasteiger charge is -2.32. The molecule has 1 N–H and O–H groups in total.